The highest BCUT2D eigenvalue weighted by molar-refractivity contribution is 7.91. The van der Waals surface area contributed by atoms with Crippen molar-refractivity contribution < 1.29 is 8.42 Å². The molecule has 2 rings (SSSR count). The normalized spacial score (nSPS) is 11.8. The van der Waals surface area contributed by atoms with Gasteiger partial charge in [-0.15, -0.1) is 0 Å². The first-order valence-electron chi connectivity index (χ1n) is 6.05. The molecule has 0 atom stereocenters. The van der Waals surface area contributed by atoms with Gasteiger partial charge in [0, 0.05) is 5.57 Å². The molecule has 2 aromatic rings. The molecule has 0 amide bonds. The summed E-state index contributed by atoms with van der Waals surface area (Å²) in [4.78, 5) is 0.231. The van der Waals surface area contributed by atoms with Gasteiger partial charge in [-0.3, -0.25) is 0 Å². The highest BCUT2D eigenvalue weighted by Gasteiger charge is 2.16. The van der Waals surface area contributed by atoms with Crippen LogP contribution in [-0.4, -0.2) is 14.2 Å². The molecule has 0 aliphatic heterocycles. The minimum absolute atomic E-state index is 0.222. The minimum atomic E-state index is -3.48. The van der Waals surface area contributed by atoms with Crippen LogP contribution in [0.15, 0.2) is 71.1 Å². The topological polar surface area (TPSA) is 57.9 Å². The van der Waals surface area contributed by atoms with E-state index in [9.17, 15) is 8.42 Å². The van der Waals surface area contributed by atoms with E-state index in [1.165, 1.54) is 12.1 Å². The van der Waals surface area contributed by atoms with Gasteiger partial charge in [-0.2, -0.15) is 5.26 Å². The first kappa shape index (κ1) is 14.0. The van der Waals surface area contributed by atoms with Gasteiger partial charge in [-0.25, -0.2) is 8.42 Å². The molecular formula is C16H13NO2S. The Labute approximate surface area is 118 Å². The maximum Gasteiger partial charge on any atom is 0.183 e. The Morgan fingerprint density at radius 3 is 2.10 bits per heavy atom. The van der Waals surface area contributed by atoms with Gasteiger partial charge in [0.2, 0.25) is 0 Å². The van der Waals surface area contributed by atoms with E-state index < -0.39 is 9.84 Å². The Bertz CT molecular complexity index is 742. The quantitative estimate of drug-likeness (QED) is 0.810. The summed E-state index contributed by atoms with van der Waals surface area (Å²) in [7, 11) is -3.48. The van der Waals surface area contributed by atoms with Gasteiger partial charge >= 0.3 is 0 Å². The Kier molecular flexibility index (Phi) is 4.34. The molecule has 0 N–H and O–H groups in total. The Morgan fingerprint density at radius 2 is 1.55 bits per heavy atom. The fourth-order valence-electron chi connectivity index (χ4n) is 1.77. The monoisotopic (exact) mass is 283 g/mol. The van der Waals surface area contributed by atoms with Crippen molar-refractivity contribution in [2.45, 2.75) is 4.90 Å². The van der Waals surface area contributed by atoms with Gasteiger partial charge in [-0.1, -0.05) is 48.5 Å². The van der Waals surface area contributed by atoms with Crippen LogP contribution >= 0.6 is 0 Å². The molecule has 0 aliphatic rings. The molecule has 3 nitrogen and oxygen atoms in total. The summed E-state index contributed by atoms with van der Waals surface area (Å²) in [5, 5.41) is 9.11. The van der Waals surface area contributed by atoms with Gasteiger partial charge in [0.15, 0.2) is 9.84 Å². The fourth-order valence-corrected chi connectivity index (χ4v) is 3.07. The Hall–Kier alpha value is -2.38. The van der Waals surface area contributed by atoms with Crippen molar-refractivity contribution in [1.29, 1.82) is 5.26 Å². The first-order valence-corrected chi connectivity index (χ1v) is 7.70. The molecule has 2 aromatic carbocycles. The number of sulfone groups is 1. The third kappa shape index (κ3) is 3.56. The van der Waals surface area contributed by atoms with Gasteiger partial charge < -0.3 is 0 Å². The zero-order chi connectivity index (χ0) is 14.4. The van der Waals surface area contributed by atoms with Crippen LogP contribution in [0.1, 0.15) is 5.56 Å². The van der Waals surface area contributed by atoms with Crippen LogP contribution in [0.3, 0.4) is 0 Å². The van der Waals surface area contributed by atoms with E-state index in [0.717, 1.165) is 5.56 Å². The predicted octanol–water partition coefficient (Wildman–Crippen LogP) is 3.07. The van der Waals surface area contributed by atoms with Crippen LogP contribution in [-0.2, 0) is 9.84 Å². The largest absolute Gasteiger partial charge is 0.223 e. The number of hydrogen-bond donors (Lipinski definition) is 0. The second-order valence-corrected chi connectivity index (χ2v) is 6.25. The maximum atomic E-state index is 12.2. The molecule has 20 heavy (non-hydrogen) atoms. The highest BCUT2D eigenvalue weighted by Crippen LogP contribution is 2.15. The third-order valence-electron chi connectivity index (χ3n) is 2.73. The minimum Gasteiger partial charge on any atom is -0.223 e. The van der Waals surface area contributed by atoms with Crippen molar-refractivity contribution in [3.05, 3.63) is 71.8 Å². The fraction of sp³-hybridized carbons (Fsp3) is 0.0625. The van der Waals surface area contributed by atoms with Crippen LogP contribution in [0.25, 0.3) is 6.08 Å². The molecule has 0 spiro atoms. The highest BCUT2D eigenvalue weighted by atomic mass is 32.2. The average molecular weight is 283 g/mol. The molecule has 0 radical (unpaired) electrons. The van der Waals surface area contributed by atoms with E-state index >= 15 is 0 Å². The van der Waals surface area contributed by atoms with Crippen LogP contribution in [0.4, 0.5) is 0 Å². The van der Waals surface area contributed by atoms with E-state index in [4.69, 9.17) is 5.26 Å². The summed E-state index contributed by atoms with van der Waals surface area (Å²) in [6.45, 7) is 0. The summed E-state index contributed by atoms with van der Waals surface area (Å²) in [6, 6.07) is 19.3. The third-order valence-corrected chi connectivity index (χ3v) is 4.41. The summed E-state index contributed by atoms with van der Waals surface area (Å²) in [5.74, 6) is -0.289. The molecule has 0 fully saturated rings. The zero-order valence-electron chi connectivity index (χ0n) is 10.7. The molecule has 0 aliphatic carbocycles. The summed E-state index contributed by atoms with van der Waals surface area (Å²) in [5.41, 5.74) is 1.03. The number of hydrogen-bond acceptors (Lipinski definition) is 3. The zero-order valence-corrected chi connectivity index (χ0v) is 11.5. The van der Waals surface area contributed by atoms with E-state index in [0.29, 0.717) is 0 Å². The van der Waals surface area contributed by atoms with Crippen LogP contribution < -0.4 is 0 Å². The van der Waals surface area contributed by atoms with Gasteiger partial charge in [0.25, 0.3) is 0 Å². The lowest BCUT2D eigenvalue weighted by atomic mass is 10.1. The lowest BCUT2D eigenvalue weighted by Crippen LogP contribution is -2.08. The van der Waals surface area contributed by atoms with Crippen LogP contribution in [0.5, 0.6) is 0 Å². The van der Waals surface area contributed by atoms with E-state index in [2.05, 4.69) is 0 Å². The molecule has 0 bridgehead atoms. The first-order chi connectivity index (χ1) is 9.62. The molecule has 0 aromatic heterocycles. The number of benzene rings is 2. The van der Waals surface area contributed by atoms with E-state index in [-0.39, 0.29) is 16.2 Å². The lowest BCUT2D eigenvalue weighted by molar-refractivity contribution is 0.598. The van der Waals surface area contributed by atoms with Gasteiger partial charge in [-0.05, 0) is 23.8 Å². The van der Waals surface area contributed by atoms with Crippen LogP contribution in [0.2, 0.25) is 0 Å². The standard InChI is InChI=1S/C16H13NO2S/c17-12-15(11-14-7-3-1-4-8-14)13-20(18,19)16-9-5-2-6-10-16/h1-11H,13H2/b15-11-. The Morgan fingerprint density at radius 1 is 1.00 bits per heavy atom. The van der Waals surface area contributed by atoms with Crippen LogP contribution in [0, 0.1) is 11.3 Å². The second-order valence-electron chi connectivity index (χ2n) is 4.26. The average Bonchev–Trinajstić information content (AvgIpc) is 2.48. The van der Waals surface area contributed by atoms with Gasteiger partial charge in [0.05, 0.1) is 16.7 Å². The molecular weight excluding hydrogens is 270 g/mol. The number of rotatable bonds is 4. The Balaban J connectivity index is 2.28. The maximum absolute atomic E-state index is 12.2. The van der Waals surface area contributed by atoms with E-state index in [1.54, 1.807) is 24.3 Å². The smallest absolute Gasteiger partial charge is 0.183 e. The number of nitrogens with zero attached hydrogens (tertiary/aromatic N) is 1. The second kappa shape index (κ2) is 6.18. The van der Waals surface area contributed by atoms with Crippen molar-refractivity contribution in [1.82, 2.24) is 0 Å². The summed E-state index contributed by atoms with van der Waals surface area (Å²) >= 11 is 0. The number of nitriles is 1. The molecule has 0 saturated carbocycles. The van der Waals surface area contributed by atoms with Crippen molar-refractivity contribution in [3.63, 3.8) is 0 Å². The predicted molar refractivity (Wildman–Crippen MR) is 78.5 cm³/mol. The van der Waals surface area contributed by atoms with Crippen molar-refractivity contribution in [3.8, 4) is 6.07 Å². The van der Waals surface area contributed by atoms with E-state index in [1.807, 2.05) is 36.4 Å². The van der Waals surface area contributed by atoms with Crippen molar-refractivity contribution in [2.24, 2.45) is 0 Å². The van der Waals surface area contributed by atoms with Crippen molar-refractivity contribution >= 4 is 15.9 Å². The summed E-state index contributed by atoms with van der Waals surface area (Å²) in [6.07, 6.45) is 1.60. The summed E-state index contributed by atoms with van der Waals surface area (Å²) < 4.78 is 24.4. The lowest BCUT2D eigenvalue weighted by Gasteiger charge is -2.03. The molecule has 0 saturated heterocycles. The van der Waals surface area contributed by atoms with Gasteiger partial charge in [0.1, 0.15) is 0 Å². The van der Waals surface area contributed by atoms with Crippen molar-refractivity contribution in [2.75, 3.05) is 5.75 Å². The molecule has 4 heteroatoms. The molecule has 100 valence electrons. The molecule has 0 unspecified atom stereocenters. The SMILES string of the molecule is N#C/C(=C/c1ccccc1)CS(=O)(=O)c1ccccc1. The molecule has 0 heterocycles.